The summed E-state index contributed by atoms with van der Waals surface area (Å²) in [6.45, 7) is 1.61. The van der Waals surface area contributed by atoms with E-state index in [1.54, 1.807) is 6.07 Å². The molecule has 2 aromatic rings. The average molecular weight is 337 g/mol. The van der Waals surface area contributed by atoms with Crippen molar-refractivity contribution in [2.45, 2.75) is 12.5 Å². The highest BCUT2D eigenvalue weighted by atomic mass is 35.5. The van der Waals surface area contributed by atoms with Gasteiger partial charge < -0.3 is 21.7 Å². The van der Waals surface area contributed by atoms with Gasteiger partial charge in [-0.15, -0.1) is 0 Å². The molecule has 6 nitrogen and oxygen atoms in total. The smallest absolute Gasteiger partial charge is 0.223 e. The predicted octanol–water partition coefficient (Wildman–Crippen LogP) is 1.90. The number of anilines is 3. The van der Waals surface area contributed by atoms with Crippen LogP contribution in [-0.4, -0.2) is 36.1 Å². The Bertz CT molecular complexity index is 738. The van der Waals surface area contributed by atoms with Crippen molar-refractivity contribution in [3.63, 3.8) is 0 Å². The fourth-order valence-corrected chi connectivity index (χ4v) is 3.01. The molecule has 0 spiro atoms. The molecule has 5 N–H and O–H groups in total. The van der Waals surface area contributed by atoms with Crippen molar-refractivity contribution in [3.05, 3.63) is 29.0 Å². The molecule has 1 fully saturated rings. The first-order chi connectivity index (χ1) is 11.0. The van der Waals surface area contributed by atoms with Gasteiger partial charge in [0.15, 0.2) is 0 Å². The number of nitrogens with one attached hydrogen (secondary N) is 1. The highest BCUT2D eigenvalue weighted by molar-refractivity contribution is 6.31. The Labute approximate surface area is 138 Å². The molecule has 1 aromatic carbocycles. The molecule has 0 unspecified atom stereocenters. The largest absolute Gasteiger partial charge is 0.383 e. The Morgan fingerprint density at radius 3 is 2.78 bits per heavy atom. The van der Waals surface area contributed by atoms with E-state index in [-0.39, 0.29) is 16.8 Å². The zero-order valence-electron chi connectivity index (χ0n) is 12.7. The molecule has 1 aliphatic heterocycles. The zero-order chi connectivity index (χ0) is 16.6. The van der Waals surface area contributed by atoms with Gasteiger partial charge in [-0.25, -0.2) is 4.39 Å². The van der Waals surface area contributed by atoms with Crippen LogP contribution in [0.5, 0.6) is 0 Å². The van der Waals surface area contributed by atoms with Crippen LogP contribution < -0.4 is 21.7 Å². The summed E-state index contributed by atoms with van der Waals surface area (Å²) >= 11 is 5.90. The summed E-state index contributed by atoms with van der Waals surface area (Å²) < 4.78 is 13.4. The number of aromatic nitrogens is 2. The third kappa shape index (κ3) is 3.02. The molecule has 0 aliphatic carbocycles. The number of hydrogen-bond acceptors (Lipinski definition) is 6. The van der Waals surface area contributed by atoms with E-state index in [0.29, 0.717) is 23.0 Å². The van der Waals surface area contributed by atoms with Crippen LogP contribution in [0.4, 0.5) is 22.0 Å². The van der Waals surface area contributed by atoms with E-state index in [4.69, 9.17) is 23.1 Å². The summed E-state index contributed by atoms with van der Waals surface area (Å²) in [5.41, 5.74) is 13.1. The van der Waals surface area contributed by atoms with E-state index < -0.39 is 5.82 Å². The van der Waals surface area contributed by atoms with Gasteiger partial charge in [-0.1, -0.05) is 17.7 Å². The number of nitrogen functional groups attached to an aromatic ring is 2. The molecule has 1 aliphatic rings. The third-order valence-corrected chi connectivity index (χ3v) is 4.33. The van der Waals surface area contributed by atoms with E-state index in [9.17, 15) is 4.39 Å². The molecule has 0 bridgehead atoms. The Kier molecular flexibility index (Phi) is 4.23. The molecule has 8 heteroatoms. The molecule has 0 saturated carbocycles. The summed E-state index contributed by atoms with van der Waals surface area (Å²) in [5, 5.41) is 3.28. The zero-order valence-corrected chi connectivity index (χ0v) is 13.4. The maximum absolute atomic E-state index is 13.4. The molecule has 1 saturated heterocycles. The molecule has 0 amide bonds. The van der Waals surface area contributed by atoms with Crippen molar-refractivity contribution in [2.24, 2.45) is 0 Å². The summed E-state index contributed by atoms with van der Waals surface area (Å²) in [6.07, 6.45) is 0.990. The lowest BCUT2D eigenvalue weighted by atomic mass is 10.1. The molecule has 1 aromatic heterocycles. The molecule has 1 atom stereocenters. The van der Waals surface area contributed by atoms with Crippen LogP contribution in [0.3, 0.4) is 0 Å². The molecular formula is C15H18ClFN6. The highest BCUT2D eigenvalue weighted by Gasteiger charge is 2.26. The third-order valence-electron chi connectivity index (χ3n) is 4.04. The first-order valence-corrected chi connectivity index (χ1v) is 7.68. The van der Waals surface area contributed by atoms with Crippen molar-refractivity contribution < 1.29 is 4.39 Å². The summed E-state index contributed by atoms with van der Waals surface area (Å²) in [6, 6.07) is 4.81. The maximum atomic E-state index is 13.4. The first kappa shape index (κ1) is 15.8. The monoisotopic (exact) mass is 336 g/mol. The number of likely N-dealkylation sites (N-methyl/N-ethyl adjacent to an activating group) is 1. The van der Waals surface area contributed by atoms with Crippen LogP contribution in [0.25, 0.3) is 11.1 Å². The van der Waals surface area contributed by atoms with Gasteiger partial charge in [0.25, 0.3) is 0 Å². The lowest BCUT2D eigenvalue weighted by Crippen LogP contribution is -2.30. The van der Waals surface area contributed by atoms with E-state index in [0.717, 1.165) is 19.5 Å². The normalized spacial score (nSPS) is 17.7. The molecule has 3 rings (SSSR count). The van der Waals surface area contributed by atoms with Crippen molar-refractivity contribution in [1.29, 1.82) is 0 Å². The fourth-order valence-electron chi connectivity index (χ4n) is 2.83. The van der Waals surface area contributed by atoms with Crippen LogP contribution in [-0.2, 0) is 0 Å². The minimum absolute atomic E-state index is 0.0270. The molecule has 0 radical (unpaired) electrons. The first-order valence-electron chi connectivity index (χ1n) is 7.30. The van der Waals surface area contributed by atoms with Crippen LogP contribution in [0.1, 0.15) is 6.42 Å². The van der Waals surface area contributed by atoms with E-state index in [1.807, 2.05) is 7.05 Å². The second-order valence-electron chi connectivity index (χ2n) is 5.51. The minimum Gasteiger partial charge on any atom is -0.383 e. The van der Waals surface area contributed by atoms with Gasteiger partial charge >= 0.3 is 0 Å². The van der Waals surface area contributed by atoms with Gasteiger partial charge in [0.1, 0.15) is 17.5 Å². The number of hydrogen-bond donors (Lipinski definition) is 3. The lowest BCUT2D eigenvalue weighted by molar-refractivity contribution is 0.616. The second-order valence-corrected chi connectivity index (χ2v) is 5.92. The lowest BCUT2D eigenvalue weighted by Gasteiger charge is -2.22. The SMILES string of the molecule is CN[C@H]1CCN(c2nc(N)nc(N)c2-c2ccc(F)c(Cl)c2)C1. The van der Waals surface area contributed by atoms with Crippen LogP contribution in [0.15, 0.2) is 18.2 Å². The van der Waals surface area contributed by atoms with Gasteiger partial charge in [-0.2, -0.15) is 9.97 Å². The fraction of sp³-hybridized carbons (Fsp3) is 0.333. The van der Waals surface area contributed by atoms with E-state index in [2.05, 4.69) is 20.2 Å². The van der Waals surface area contributed by atoms with Crippen molar-refractivity contribution in [3.8, 4) is 11.1 Å². The quantitative estimate of drug-likeness (QED) is 0.792. The van der Waals surface area contributed by atoms with E-state index in [1.165, 1.54) is 12.1 Å². The van der Waals surface area contributed by atoms with E-state index >= 15 is 0 Å². The maximum Gasteiger partial charge on any atom is 0.223 e. The Balaban J connectivity index is 2.10. The number of halogens is 2. The summed E-state index contributed by atoms with van der Waals surface area (Å²) in [7, 11) is 1.93. The van der Waals surface area contributed by atoms with Gasteiger partial charge in [0.05, 0.1) is 10.6 Å². The number of benzene rings is 1. The highest BCUT2D eigenvalue weighted by Crippen LogP contribution is 2.37. The van der Waals surface area contributed by atoms with Gasteiger partial charge in [-0.3, -0.25) is 0 Å². The number of nitrogens with two attached hydrogens (primary N) is 2. The Morgan fingerprint density at radius 1 is 1.35 bits per heavy atom. The van der Waals surface area contributed by atoms with Crippen LogP contribution in [0.2, 0.25) is 5.02 Å². The molecule has 2 heterocycles. The van der Waals surface area contributed by atoms with Crippen molar-refractivity contribution in [2.75, 3.05) is 36.5 Å². The summed E-state index contributed by atoms with van der Waals surface area (Å²) in [5.74, 6) is 0.532. The molecule has 122 valence electrons. The standard InChI is InChI=1S/C15H18ClFN6/c1-20-9-4-5-23(7-9)14-12(13(18)21-15(19)22-14)8-2-3-11(17)10(16)6-8/h2-3,6,9,20H,4-5,7H2,1H3,(H4,18,19,21,22)/t9-/m0/s1. The number of nitrogens with zero attached hydrogens (tertiary/aromatic N) is 3. The number of rotatable bonds is 3. The van der Waals surface area contributed by atoms with Crippen molar-refractivity contribution >= 4 is 29.2 Å². The second kappa shape index (κ2) is 6.17. The Morgan fingerprint density at radius 2 is 2.13 bits per heavy atom. The molecule has 23 heavy (non-hydrogen) atoms. The van der Waals surface area contributed by atoms with Crippen LogP contribution in [0, 0.1) is 5.82 Å². The average Bonchev–Trinajstić information content (AvgIpc) is 2.98. The minimum atomic E-state index is -0.483. The Hall–Kier alpha value is -2.12. The van der Waals surface area contributed by atoms with Gasteiger partial charge in [0, 0.05) is 19.1 Å². The van der Waals surface area contributed by atoms with Gasteiger partial charge in [-0.05, 0) is 31.2 Å². The molecular weight excluding hydrogens is 319 g/mol. The van der Waals surface area contributed by atoms with Crippen molar-refractivity contribution in [1.82, 2.24) is 15.3 Å². The summed E-state index contributed by atoms with van der Waals surface area (Å²) in [4.78, 5) is 10.5. The van der Waals surface area contributed by atoms with Gasteiger partial charge in [0.2, 0.25) is 5.95 Å². The predicted molar refractivity (Wildman–Crippen MR) is 90.9 cm³/mol. The van der Waals surface area contributed by atoms with Crippen LogP contribution >= 0.6 is 11.6 Å². The topological polar surface area (TPSA) is 93.1 Å².